The van der Waals surface area contributed by atoms with Gasteiger partial charge in [0, 0.05) is 49.2 Å². The van der Waals surface area contributed by atoms with Crippen LogP contribution in [0.3, 0.4) is 0 Å². The lowest BCUT2D eigenvalue weighted by molar-refractivity contribution is 0.102. The van der Waals surface area contributed by atoms with Crippen molar-refractivity contribution in [3.8, 4) is 0 Å². The molecule has 0 aliphatic heterocycles. The van der Waals surface area contributed by atoms with Gasteiger partial charge < -0.3 is 15.0 Å². The lowest BCUT2D eigenvalue weighted by atomic mass is 9.80. The minimum Gasteiger partial charge on any atom is -0.320 e. The Bertz CT molecular complexity index is 1390. The number of nitrogens with one attached hydrogen (secondary N) is 2. The molecule has 4 aromatic rings. The van der Waals surface area contributed by atoms with Crippen LogP contribution in [0.1, 0.15) is 66.1 Å². The minimum atomic E-state index is -0.476. The second-order valence-electron chi connectivity index (χ2n) is 9.90. The van der Waals surface area contributed by atoms with Crippen molar-refractivity contribution in [3.63, 3.8) is 0 Å². The second-order valence-corrected chi connectivity index (χ2v) is 9.90. The van der Waals surface area contributed by atoms with E-state index in [0.717, 1.165) is 24.3 Å². The molecule has 2 fully saturated rings. The van der Waals surface area contributed by atoms with Gasteiger partial charge in [0.05, 0.1) is 16.9 Å². The maximum atomic E-state index is 14.5. The molecule has 34 heavy (non-hydrogen) atoms. The predicted octanol–water partition coefficient (Wildman–Crippen LogP) is 4.70. The largest absolute Gasteiger partial charge is 0.320 e. The van der Waals surface area contributed by atoms with E-state index in [0.29, 0.717) is 34.4 Å². The maximum Gasteiger partial charge on any atom is 0.257 e. The van der Waals surface area contributed by atoms with Gasteiger partial charge in [0.25, 0.3) is 5.91 Å². The van der Waals surface area contributed by atoms with Gasteiger partial charge in [-0.1, -0.05) is 6.07 Å². The van der Waals surface area contributed by atoms with E-state index >= 15 is 0 Å². The number of aryl methyl sites for hydroxylation is 2. The number of carbonyl (C=O) groups excluding carboxylic acids is 1. The van der Waals surface area contributed by atoms with E-state index in [1.807, 2.05) is 19.3 Å². The first kappa shape index (κ1) is 21.3. The van der Waals surface area contributed by atoms with Crippen molar-refractivity contribution in [2.45, 2.75) is 63.5 Å². The first-order valence-corrected chi connectivity index (χ1v) is 12.1. The molecule has 2 aliphatic rings. The highest BCUT2D eigenvalue weighted by molar-refractivity contribution is 6.12. The first-order valence-electron chi connectivity index (χ1n) is 12.1. The highest BCUT2D eigenvalue weighted by Crippen LogP contribution is 2.38. The Morgan fingerprint density at radius 2 is 1.79 bits per heavy atom. The van der Waals surface area contributed by atoms with E-state index in [-0.39, 0.29) is 11.6 Å². The summed E-state index contributed by atoms with van der Waals surface area (Å²) in [7, 11) is 1.88. The number of hydrogen-bond donors (Lipinski definition) is 2. The number of imidazole rings is 1. The van der Waals surface area contributed by atoms with Crippen LogP contribution in [0.4, 0.5) is 10.1 Å². The minimum absolute atomic E-state index is 0.244. The molecule has 0 radical (unpaired) electrons. The molecule has 0 saturated heterocycles. The van der Waals surface area contributed by atoms with E-state index in [4.69, 9.17) is 0 Å². The quantitative estimate of drug-likeness (QED) is 0.453. The highest BCUT2D eigenvalue weighted by Gasteiger charge is 2.29. The molecule has 0 unspecified atom stereocenters. The van der Waals surface area contributed by atoms with Gasteiger partial charge in [-0.05, 0) is 63.0 Å². The summed E-state index contributed by atoms with van der Waals surface area (Å²) in [4.78, 5) is 17.4. The van der Waals surface area contributed by atoms with Crippen LogP contribution < -0.4 is 10.6 Å². The molecule has 7 nitrogen and oxygen atoms in total. The molecule has 2 saturated carbocycles. The Hall–Kier alpha value is -3.26. The number of fused-ring (bicyclic) bond motifs is 2. The van der Waals surface area contributed by atoms with Crippen molar-refractivity contribution in [2.75, 3.05) is 5.32 Å². The third-order valence-corrected chi connectivity index (χ3v) is 7.17. The molecular weight excluding hydrogens is 431 g/mol. The summed E-state index contributed by atoms with van der Waals surface area (Å²) < 4.78 is 17.8. The van der Waals surface area contributed by atoms with Gasteiger partial charge in [0.15, 0.2) is 11.5 Å². The van der Waals surface area contributed by atoms with Crippen LogP contribution in [0.2, 0.25) is 0 Å². The number of pyridine rings is 1. The SMILES string of the molecule is Cc1cn2cc(NC(=O)c3ccc(C4CCC(NC5CC5)CC4)c4cn(C)nc34)cc(F)c2n1. The van der Waals surface area contributed by atoms with Gasteiger partial charge in [-0.25, -0.2) is 9.37 Å². The molecule has 0 atom stereocenters. The Morgan fingerprint density at radius 1 is 1.06 bits per heavy atom. The smallest absolute Gasteiger partial charge is 0.257 e. The number of aromatic nitrogens is 4. The summed E-state index contributed by atoms with van der Waals surface area (Å²) in [5.41, 5.74) is 3.79. The van der Waals surface area contributed by atoms with E-state index in [2.05, 4.69) is 26.8 Å². The number of nitrogens with zero attached hydrogens (tertiary/aromatic N) is 4. The summed E-state index contributed by atoms with van der Waals surface area (Å²) >= 11 is 0. The molecule has 1 amide bonds. The Kier molecular flexibility index (Phi) is 5.13. The summed E-state index contributed by atoms with van der Waals surface area (Å²) in [6.45, 7) is 1.81. The molecule has 176 valence electrons. The number of amides is 1. The highest BCUT2D eigenvalue weighted by atomic mass is 19.1. The molecule has 3 heterocycles. The van der Waals surface area contributed by atoms with Gasteiger partial charge >= 0.3 is 0 Å². The van der Waals surface area contributed by atoms with Gasteiger partial charge in [0.2, 0.25) is 0 Å². The van der Waals surface area contributed by atoms with Gasteiger partial charge in [-0.3, -0.25) is 9.48 Å². The molecule has 0 bridgehead atoms. The van der Waals surface area contributed by atoms with E-state index < -0.39 is 5.82 Å². The number of carbonyl (C=O) groups is 1. The first-order chi connectivity index (χ1) is 16.4. The van der Waals surface area contributed by atoms with E-state index in [9.17, 15) is 9.18 Å². The van der Waals surface area contributed by atoms with Crippen LogP contribution in [0.5, 0.6) is 0 Å². The van der Waals surface area contributed by atoms with Gasteiger partial charge in [0.1, 0.15) is 5.52 Å². The molecule has 1 aromatic carbocycles. The number of benzene rings is 1. The lowest BCUT2D eigenvalue weighted by Crippen LogP contribution is -2.34. The van der Waals surface area contributed by atoms with E-state index in [1.165, 1.54) is 37.3 Å². The normalized spacial score (nSPS) is 20.8. The molecule has 8 heteroatoms. The maximum absolute atomic E-state index is 14.5. The molecule has 0 spiro atoms. The zero-order valence-corrected chi connectivity index (χ0v) is 19.5. The van der Waals surface area contributed by atoms with Crippen molar-refractivity contribution in [3.05, 3.63) is 59.4 Å². The Balaban J connectivity index is 1.26. The number of rotatable bonds is 5. The average molecular weight is 461 g/mol. The lowest BCUT2D eigenvalue weighted by Gasteiger charge is -2.30. The molecule has 3 aromatic heterocycles. The van der Waals surface area contributed by atoms with Crippen LogP contribution in [-0.2, 0) is 7.05 Å². The second kappa shape index (κ2) is 8.20. The van der Waals surface area contributed by atoms with Gasteiger partial charge in [-0.15, -0.1) is 0 Å². The molecule has 2 aliphatic carbocycles. The Labute approximate surface area is 197 Å². The fourth-order valence-electron chi connectivity index (χ4n) is 5.38. The van der Waals surface area contributed by atoms with E-state index in [1.54, 1.807) is 28.4 Å². The fourth-order valence-corrected chi connectivity index (χ4v) is 5.38. The average Bonchev–Trinajstić information content (AvgIpc) is 3.40. The predicted molar refractivity (Wildman–Crippen MR) is 130 cm³/mol. The molecular formula is C26H29FN6O. The van der Waals surface area contributed by atoms with Crippen LogP contribution in [0.25, 0.3) is 16.6 Å². The van der Waals surface area contributed by atoms with Crippen molar-refractivity contribution in [1.82, 2.24) is 24.5 Å². The van der Waals surface area contributed by atoms with Crippen LogP contribution >= 0.6 is 0 Å². The topological polar surface area (TPSA) is 76.2 Å². The standard InChI is InChI=1S/C26H29FN6O/c1-15-12-33-13-19(11-23(27)25(33)28-15)30-26(34)21-10-9-20(22-14-32(2)31-24(21)22)16-3-5-17(6-4-16)29-18-7-8-18/h9-14,16-18,29H,3-8H2,1-2H3,(H,30,34). The number of anilines is 1. The van der Waals surface area contributed by atoms with Crippen LogP contribution in [0, 0.1) is 12.7 Å². The molecule has 2 N–H and O–H groups in total. The zero-order valence-electron chi connectivity index (χ0n) is 19.5. The zero-order chi connectivity index (χ0) is 23.4. The summed E-state index contributed by atoms with van der Waals surface area (Å²) in [5, 5.41) is 12.3. The number of hydrogen-bond acceptors (Lipinski definition) is 4. The fraction of sp³-hybridized carbons (Fsp3) is 0.423. The summed E-state index contributed by atoms with van der Waals surface area (Å²) in [5.74, 6) is -0.304. The van der Waals surface area contributed by atoms with Crippen molar-refractivity contribution >= 4 is 28.1 Å². The Morgan fingerprint density at radius 3 is 2.53 bits per heavy atom. The van der Waals surface area contributed by atoms with Gasteiger partial charge in [-0.2, -0.15) is 5.10 Å². The summed E-state index contributed by atoms with van der Waals surface area (Å²) in [6.07, 6.45) is 12.7. The number of halogens is 1. The summed E-state index contributed by atoms with van der Waals surface area (Å²) in [6, 6.07) is 6.63. The van der Waals surface area contributed by atoms with Crippen molar-refractivity contribution < 1.29 is 9.18 Å². The van der Waals surface area contributed by atoms with Crippen molar-refractivity contribution in [2.24, 2.45) is 7.05 Å². The molecule has 6 rings (SSSR count). The van der Waals surface area contributed by atoms with Crippen LogP contribution in [0.15, 0.2) is 36.8 Å². The third kappa shape index (κ3) is 3.96. The van der Waals surface area contributed by atoms with Crippen molar-refractivity contribution in [1.29, 1.82) is 0 Å². The monoisotopic (exact) mass is 460 g/mol. The third-order valence-electron chi connectivity index (χ3n) is 7.17. The van der Waals surface area contributed by atoms with Crippen LogP contribution in [-0.4, -0.2) is 37.2 Å².